The Morgan fingerprint density at radius 3 is 2.32 bits per heavy atom. The molecule has 1 atom stereocenters. The van der Waals surface area contributed by atoms with Crippen molar-refractivity contribution in [1.82, 2.24) is 10.2 Å². The van der Waals surface area contributed by atoms with Crippen LogP contribution in [0.3, 0.4) is 0 Å². The predicted molar refractivity (Wildman–Crippen MR) is 113 cm³/mol. The van der Waals surface area contributed by atoms with Gasteiger partial charge in [0, 0.05) is 30.2 Å². The maximum Gasteiger partial charge on any atom is 0.416 e. The second-order valence-corrected chi connectivity index (χ2v) is 7.61. The Morgan fingerprint density at radius 2 is 1.68 bits per heavy atom. The minimum absolute atomic E-state index is 0.257. The first-order valence-electron chi connectivity index (χ1n) is 9.92. The third-order valence-corrected chi connectivity index (χ3v) is 5.73. The van der Waals surface area contributed by atoms with E-state index in [0.717, 1.165) is 25.1 Å². The molecule has 1 unspecified atom stereocenters. The van der Waals surface area contributed by atoms with E-state index in [4.69, 9.17) is 25.8 Å². The first-order chi connectivity index (χ1) is 14.8. The van der Waals surface area contributed by atoms with Crippen LogP contribution in [0.2, 0.25) is 5.02 Å². The van der Waals surface area contributed by atoms with E-state index in [2.05, 4.69) is 10.2 Å². The second-order valence-electron chi connectivity index (χ2n) is 7.20. The molecule has 2 aromatic carbocycles. The van der Waals surface area contributed by atoms with Gasteiger partial charge >= 0.3 is 6.18 Å². The van der Waals surface area contributed by atoms with E-state index in [9.17, 15) is 13.2 Å². The maximum absolute atomic E-state index is 13.5. The van der Waals surface area contributed by atoms with E-state index in [-0.39, 0.29) is 5.02 Å². The van der Waals surface area contributed by atoms with Crippen molar-refractivity contribution in [1.29, 1.82) is 0 Å². The van der Waals surface area contributed by atoms with Crippen LogP contribution in [0.15, 0.2) is 30.3 Å². The normalized spacial score (nSPS) is 16.5. The average Bonchev–Trinajstić information content (AvgIpc) is 3.03. The largest absolute Gasteiger partial charge is 0.493 e. The number of alkyl halides is 3. The fourth-order valence-corrected chi connectivity index (χ4v) is 4.18. The number of nitrogens with zero attached hydrogens (tertiary/aromatic N) is 1. The highest BCUT2D eigenvalue weighted by Gasteiger charge is 2.35. The maximum atomic E-state index is 13.5. The first-order valence-corrected chi connectivity index (χ1v) is 10.3. The lowest BCUT2D eigenvalue weighted by molar-refractivity contribution is -0.137. The molecular weight excluding hydrogens is 433 g/mol. The Labute approximate surface area is 185 Å². The standard InChI is InChI=1S/C22H26ClF3N2O3/c1-29-18-8-6-15(20(30-2)21(18)31-3)19(28-11-4-9-27-10-12-28)16-13-14(22(24,25)26)5-7-17(16)23/h5-8,13,19,27H,4,9-12H2,1-3H3. The highest BCUT2D eigenvalue weighted by Crippen LogP contribution is 2.47. The van der Waals surface area contributed by atoms with Gasteiger partial charge in [0.2, 0.25) is 5.75 Å². The summed E-state index contributed by atoms with van der Waals surface area (Å²) in [5.74, 6) is 1.25. The van der Waals surface area contributed by atoms with Gasteiger partial charge in [0.1, 0.15) is 0 Å². The van der Waals surface area contributed by atoms with E-state index in [1.807, 2.05) is 0 Å². The molecule has 3 rings (SSSR count). The third-order valence-electron chi connectivity index (χ3n) is 5.39. The molecule has 0 saturated carbocycles. The highest BCUT2D eigenvalue weighted by atomic mass is 35.5. The minimum Gasteiger partial charge on any atom is -0.493 e. The SMILES string of the molecule is COc1ccc(C(c2cc(C(F)(F)F)ccc2Cl)N2CCCNCC2)c(OC)c1OC. The van der Waals surface area contributed by atoms with Gasteiger partial charge in [-0.2, -0.15) is 13.2 Å². The molecule has 170 valence electrons. The molecule has 31 heavy (non-hydrogen) atoms. The molecule has 1 N–H and O–H groups in total. The van der Waals surface area contributed by atoms with Gasteiger partial charge in [-0.25, -0.2) is 0 Å². The van der Waals surface area contributed by atoms with Crippen LogP contribution < -0.4 is 19.5 Å². The van der Waals surface area contributed by atoms with Gasteiger partial charge in [0.25, 0.3) is 0 Å². The Morgan fingerprint density at radius 1 is 0.935 bits per heavy atom. The van der Waals surface area contributed by atoms with E-state index >= 15 is 0 Å². The second kappa shape index (κ2) is 9.97. The Balaban J connectivity index is 2.24. The summed E-state index contributed by atoms with van der Waals surface area (Å²) in [4.78, 5) is 2.12. The lowest BCUT2D eigenvalue weighted by atomic mass is 9.93. The van der Waals surface area contributed by atoms with E-state index in [1.54, 1.807) is 12.1 Å². The fourth-order valence-electron chi connectivity index (χ4n) is 3.96. The number of hydrogen-bond donors (Lipinski definition) is 1. The Bertz CT molecular complexity index is 900. The zero-order chi connectivity index (χ0) is 22.6. The molecule has 1 heterocycles. The van der Waals surface area contributed by atoms with Gasteiger partial charge in [0.05, 0.1) is 32.9 Å². The van der Waals surface area contributed by atoms with Crippen molar-refractivity contribution in [3.8, 4) is 17.2 Å². The summed E-state index contributed by atoms with van der Waals surface area (Å²) in [6.45, 7) is 2.86. The number of methoxy groups -OCH3 is 3. The molecule has 1 aliphatic heterocycles. The molecule has 0 aromatic heterocycles. The number of hydrogen-bond acceptors (Lipinski definition) is 5. The molecule has 0 radical (unpaired) electrons. The zero-order valence-corrected chi connectivity index (χ0v) is 18.4. The molecule has 5 nitrogen and oxygen atoms in total. The number of benzene rings is 2. The van der Waals surface area contributed by atoms with Crippen molar-refractivity contribution in [3.63, 3.8) is 0 Å². The van der Waals surface area contributed by atoms with Crippen LogP contribution in [-0.2, 0) is 6.18 Å². The van der Waals surface area contributed by atoms with Crippen LogP contribution >= 0.6 is 11.6 Å². The summed E-state index contributed by atoms with van der Waals surface area (Å²) in [7, 11) is 4.50. The summed E-state index contributed by atoms with van der Waals surface area (Å²) in [6.07, 6.45) is -3.63. The smallest absolute Gasteiger partial charge is 0.416 e. The Hall–Kier alpha value is -2.16. The lowest BCUT2D eigenvalue weighted by Gasteiger charge is -2.33. The van der Waals surface area contributed by atoms with Crippen molar-refractivity contribution in [3.05, 3.63) is 52.0 Å². The van der Waals surface area contributed by atoms with Crippen molar-refractivity contribution in [2.45, 2.75) is 18.6 Å². The molecule has 2 aromatic rings. The summed E-state index contributed by atoms with van der Waals surface area (Å²) in [5, 5.41) is 3.58. The molecule has 0 amide bonds. The summed E-state index contributed by atoms with van der Waals surface area (Å²) in [6, 6.07) is 6.38. The highest BCUT2D eigenvalue weighted by molar-refractivity contribution is 6.31. The van der Waals surface area contributed by atoms with Crippen molar-refractivity contribution in [2.24, 2.45) is 0 Å². The van der Waals surface area contributed by atoms with Gasteiger partial charge in [-0.3, -0.25) is 4.90 Å². The van der Waals surface area contributed by atoms with Crippen LogP contribution in [-0.4, -0.2) is 52.4 Å². The van der Waals surface area contributed by atoms with Crippen molar-refractivity contribution >= 4 is 11.6 Å². The van der Waals surface area contributed by atoms with E-state index < -0.39 is 17.8 Å². The topological polar surface area (TPSA) is 43.0 Å². The van der Waals surface area contributed by atoms with E-state index in [1.165, 1.54) is 27.4 Å². The molecule has 1 saturated heterocycles. The monoisotopic (exact) mass is 458 g/mol. The summed E-state index contributed by atoms with van der Waals surface area (Å²) < 4.78 is 57.1. The van der Waals surface area contributed by atoms with Crippen LogP contribution in [0.1, 0.15) is 29.2 Å². The quantitative estimate of drug-likeness (QED) is 0.675. The lowest BCUT2D eigenvalue weighted by Crippen LogP contribution is -2.33. The molecule has 0 bridgehead atoms. The van der Waals surface area contributed by atoms with Crippen LogP contribution in [0.5, 0.6) is 17.2 Å². The van der Waals surface area contributed by atoms with Gasteiger partial charge in [0.15, 0.2) is 11.5 Å². The number of rotatable bonds is 6. The van der Waals surface area contributed by atoms with Crippen molar-refractivity contribution in [2.75, 3.05) is 47.5 Å². The summed E-state index contributed by atoms with van der Waals surface area (Å²) in [5.41, 5.74) is 0.275. The predicted octanol–water partition coefficient (Wildman–Crippen LogP) is 4.77. The van der Waals surface area contributed by atoms with Gasteiger partial charge in [-0.15, -0.1) is 0 Å². The van der Waals surface area contributed by atoms with Gasteiger partial charge in [-0.1, -0.05) is 11.6 Å². The average molecular weight is 459 g/mol. The van der Waals surface area contributed by atoms with Crippen LogP contribution in [0, 0.1) is 0 Å². The van der Waals surface area contributed by atoms with Crippen LogP contribution in [0.25, 0.3) is 0 Å². The van der Waals surface area contributed by atoms with Gasteiger partial charge < -0.3 is 19.5 Å². The zero-order valence-electron chi connectivity index (χ0n) is 17.7. The number of halogens is 4. The van der Waals surface area contributed by atoms with E-state index in [0.29, 0.717) is 48.0 Å². The third kappa shape index (κ3) is 5.02. The fraction of sp³-hybridized carbons (Fsp3) is 0.455. The van der Waals surface area contributed by atoms with Crippen LogP contribution in [0.4, 0.5) is 13.2 Å². The minimum atomic E-state index is -4.48. The molecule has 0 aliphatic carbocycles. The number of ether oxygens (including phenoxy) is 3. The molecule has 0 spiro atoms. The molecule has 1 fully saturated rings. The molecular formula is C22H26ClF3N2O3. The number of nitrogens with one attached hydrogen (secondary N) is 1. The van der Waals surface area contributed by atoms with Crippen molar-refractivity contribution < 1.29 is 27.4 Å². The Kier molecular flexibility index (Phi) is 7.56. The molecule has 1 aliphatic rings. The molecule has 9 heteroatoms. The first kappa shape index (κ1) is 23.5. The van der Waals surface area contributed by atoms with Gasteiger partial charge in [-0.05, 0) is 48.9 Å². The summed E-state index contributed by atoms with van der Waals surface area (Å²) >= 11 is 6.47.